The lowest BCUT2D eigenvalue weighted by molar-refractivity contribution is 0.361. The van der Waals surface area contributed by atoms with Crippen LogP contribution in [0.3, 0.4) is 0 Å². The van der Waals surface area contributed by atoms with E-state index < -0.39 is 23.6 Å². The van der Waals surface area contributed by atoms with Crippen molar-refractivity contribution in [2.24, 2.45) is 0 Å². The van der Waals surface area contributed by atoms with Crippen molar-refractivity contribution in [1.29, 1.82) is 0 Å². The van der Waals surface area contributed by atoms with Gasteiger partial charge < -0.3 is 0 Å². The molecule has 2 unspecified atom stereocenters. The van der Waals surface area contributed by atoms with Crippen molar-refractivity contribution in [3.8, 4) is 11.3 Å². The predicted molar refractivity (Wildman–Crippen MR) is 119 cm³/mol. The molecule has 10 heteroatoms. The van der Waals surface area contributed by atoms with E-state index in [2.05, 4.69) is 15.1 Å². The number of benzene rings is 2. The first-order valence-electron chi connectivity index (χ1n) is 10.5. The van der Waals surface area contributed by atoms with E-state index in [0.717, 1.165) is 6.07 Å². The minimum Gasteiger partial charge on any atom is -0.297 e. The molecule has 0 bridgehead atoms. The van der Waals surface area contributed by atoms with Gasteiger partial charge in [-0.25, -0.2) is 27.9 Å². The van der Waals surface area contributed by atoms with Crippen molar-refractivity contribution in [3.05, 3.63) is 107 Å². The molecule has 0 aliphatic carbocycles. The van der Waals surface area contributed by atoms with Gasteiger partial charge in [-0.15, -0.1) is 0 Å². The molecule has 0 spiro atoms. The summed E-state index contributed by atoms with van der Waals surface area (Å²) in [6.07, 6.45) is 6.04. The molecule has 172 valence electrons. The topological polar surface area (TPSA) is 70.0 Å². The quantitative estimate of drug-likeness (QED) is 0.377. The van der Waals surface area contributed by atoms with Crippen LogP contribution in [-0.2, 0) is 6.54 Å². The third-order valence-electron chi connectivity index (χ3n) is 5.92. The SMILES string of the molecule is CC(C(Cn1cncn1)c1ccc(F)cc1F)n1ccc2nc(-c3ccc(F)cc3)cn2c1=O. The first-order chi connectivity index (χ1) is 16.4. The monoisotopic (exact) mass is 464 g/mol. The highest BCUT2D eigenvalue weighted by Crippen LogP contribution is 2.31. The second-order valence-corrected chi connectivity index (χ2v) is 8.00. The zero-order valence-corrected chi connectivity index (χ0v) is 18.0. The van der Waals surface area contributed by atoms with E-state index in [1.54, 1.807) is 37.5 Å². The highest BCUT2D eigenvalue weighted by Gasteiger charge is 2.26. The van der Waals surface area contributed by atoms with Gasteiger partial charge in [0.15, 0.2) is 0 Å². The van der Waals surface area contributed by atoms with Gasteiger partial charge in [0, 0.05) is 36.0 Å². The summed E-state index contributed by atoms with van der Waals surface area (Å²) < 4.78 is 46.0. The van der Waals surface area contributed by atoms with E-state index in [-0.39, 0.29) is 23.6 Å². The Morgan fingerprint density at radius 3 is 2.47 bits per heavy atom. The van der Waals surface area contributed by atoms with E-state index in [1.807, 2.05) is 0 Å². The van der Waals surface area contributed by atoms with Crippen molar-refractivity contribution in [1.82, 2.24) is 28.7 Å². The van der Waals surface area contributed by atoms with Crippen LogP contribution in [0.5, 0.6) is 0 Å². The van der Waals surface area contributed by atoms with E-state index in [0.29, 0.717) is 16.9 Å². The Balaban J connectivity index is 1.57. The summed E-state index contributed by atoms with van der Waals surface area (Å²) in [6, 6.07) is 10.4. The molecule has 0 saturated carbocycles. The van der Waals surface area contributed by atoms with Crippen molar-refractivity contribution >= 4 is 5.65 Å². The second kappa shape index (κ2) is 8.62. The summed E-state index contributed by atoms with van der Waals surface area (Å²) in [5.74, 6) is -2.31. The molecule has 0 aliphatic heterocycles. The molecule has 0 saturated heterocycles. The Labute approximate surface area is 191 Å². The molecule has 0 N–H and O–H groups in total. The molecule has 2 atom stereocenters. The lowest BCUT2D eigenvalue weighted by atomic mass is 9.91. The van der Waals surface area contributed by atoms with Crippen LogP contribution < -0.4 is 5.69 Å². The predicted octanol–water partition coefficient (Wildman–Crippen LogP) is 4.22. The van der Waals surface area contributed by atoms with Crippen molar-refractivity contribution in [3.63, 3.8) is 0 Å². The molecular weight excluding hydrogens is 445 g/mol. The highest BCUT2D eigenvalue weighted by atomic mass is 19.1. The van der Waals surface area contributed by atoms with Gasteiger partial charge in [-0.1, -0.05) is 6.07 Å². The Kier molecular flexibility index (Phi) is 5.48. The molecule has 3 aromatic heterocycles. The summed E-state index contributed by atoms with van der Waals surface area (Å²) in [6.45, 7) is 2.01. The Morgan fingerprint density at radius 2 is 1.76 bits per heavy atom. The number of hydrogen-bond donors (Lipinski definition) is 0. The van der Waals surface area contributed by atoms with Crippen LogP contribution in [0.4, 0.5) is 13.2 Å². The van der Waals surface area contributed by atoms with E-state index in [1.165, 1.54) is 50.6 Å². The second-order valence-electron chi connectivity index (χ2n) is 8.00. The summed E-state index contributed by atoms with van der Waals surface area (Å²) in [7, 11) is 0. The normalized spacial score (nSPS) is 13.3. The fourth-order valence-corrected chi connectivity index (χ4v) is 4.11. The van der Waals surface area contributed by atoms with E-state index >= 15 is 0 Å². The highest BCUT2D eigenvalue weighted by molar-refractivity contribution is 5.62. The molecule has 34 heavy (non-hydrogen) atoms. The maximum atomic E-state index is 14.8. The summed E-state index contributed by atoms with van der Waals surface area (Å²) >= 11 is 0. The van der Waals surface area contributed by atoms with E-state index in [4.69, 9.17) is 0 Å². The fourth-order valence-electron chi connectivity index (χ4n) is 4.11. The molecule has 7 nitrogen and oxygen atoms in total. The number of hydrogen-bond acceptors (Lipinski definition) is 4. The van der Waals surface area contributed by atoms with Gasteiger partial charge in [0.05, 0.1) is 12.2 Å². The zero-order chi connectivity index (χ0) is 23.8. The van der Waals surface area contributed by atoms with Gasteiger partial charge in [-0.3, -0.25) is 13.6 Å². The summed E-state index contributed by atoms with van der Waals surface area (Å²) in [4.78, 5) is 21.8. The van der Waals surface area contributed by atoms with Crippen LogP contribution in [0, 0.1) is 17.5 Å². The molecular formula is C24H19F3N6O. The maximum absolute atomic E-state index is 14.8. The standard InChI is InChI=1S/C24H19F3N6O/c1-15(20(11-31-14-28-13-29-31)19-7-6-18(26)10-21(19)27)32-9-8-23-30-22(12-33(23)24(32)34)16-2-4-17(25)5-3-16/h2-10,12-15,20H,11H2,1H3. The van der Waals surface area contributed by atoms with Crippen LogP contribution in [-0.4, -0.2) is 28.7 Å². The van der Waals surface area contributed by atoms with Crippen molar-refractivity contribution in [2.75, 3.05) is 0 Å². The smallest absolute Gasteiger partial charge is 0.297 e. The third-order valence-corrected chi connectivity index (χ3v) is 5.92. The third kappa shape index (κ3) is 3.98. The molecule has 2 aromatic carbocycles. The molecule has 0 radical (unpaired) electrons. The van der Waals surface area contributed by atoms with Crippen LogP contribution >= 0.6 is 0 Å². The Morgan fingerprint density at radius 1 is 1.00 bits per heavy atom. The number of fused-ring (bicyclic) bond motifs is 1. The largest absolute Gasteiger partial charge is 0.334 e. The maximum Gasteiger partial charge on any atom is 0.334 e. The van der Waals surface area contributed by atoms with Gasteiger partial charge in [0.25, 0.3) is 0 Å². The average Bonchev–Trinajstić information content (AvgIpc) is 3.49. The Hall–Kier alpha value is -4.21. The molecule has 3 heterocycles. The molecule has 5 aromatic rings. The van der Waals surface area contributed by atoms with Gasteiger partial charge in [-0.05, 0) is 48.9 Å². The summed E-state index contributed by atoms with van der Waals surface area (Å²) in [5.41, 5.74) is 1.49. The fraction of sp³-hybridized carbons (Fsp3) is 0.167. The molecule has 0 fully saturated rings. The summed E-state index contributed by atoms with van der Waals surface area (Å²) in [5, 5.41) is 4.10. The molecule has 0 aliphatic rings. The molecule has 5 rings (SSSR count). The first-order valence-corrected chi connectivity index (χ1v) is 10.5. The van der Waals surface area contributed by atoms with Crippen LogP contribution in [0.15, 0.2) is 78.4 Å². The molecule has 0 amide bonds. The van der Waals surface area contributed by atoms with Crippen LogP contribution in [0.2, 0.25) is 0 Å². The number of imidazole rings is 1. The first kappa shape index (κ1) is 21.6. The lowest BCUT2D eigenvalue weighted by Crippen LogP contribution is -2.32. The van der Waals surface area contributed by atoms with Crippen LogP contribution in [0.25, 0.3) is 16.9 Å². The van der Waals surface area contributed by atoms with Crippen LogP contribution in [0.1, 0.15) is 24.4 Å². The number of nitrogens with zero attached hydrogens (tertiary/aromatic N) is 6. The van der Waals surface area contributed by atoms with E-state index in [9.17, 15) is 18.0 Å². The Bertz CT molecular complexity index is 1510. The van der Waals surface area contributed by atoms with Gasteiger partial charge in [-0.2, -0.15) is 5.10 Å². The van der Waals surface area contributed by atoms with Crippen molar-refractivity contribution < 1.29 is 13.2 Å². The van der Waals surface area contributed by atoms with Gasteiger partial charge >= 0.3 is 5.69 Å². The van der Waals surface area contributed by atoms with Crippen molar-refractivity contribution in [2.45, 2.75) is 25.4 Å². The average molecular weight is 464 g/mol. The lowest BCUT2D eigenvalue weighted by Gasteiger charge is -2.26. The van der Waals surface area contributed by atoms with Gasteiger partial charge in [0.2, 0.25) is 0 Å². The number of aromatic nitrogens is 6. The number of halogens is 3. The minimum absolute atomic E-state index is 0.221. The zero-order valence-electron chi connectivity index (χ0n) is 18.0. The van der Waals surface area contributed by atoms with Gasteiger partial charge in [0.1, 0.15) is 35.8 Å². The minimum atomic E-state index is -0.702. The number of rotatable bonds is 6.